The van der Waals surface area contributed by atoms with Crippen LogP contribution >= 0.6 is 11.6 Å². The van der Waals surface area contributed by atoms with Gasteiger partial charge in [0, 0.05) is 24.2 Å². The van der Waals surface area contributed by atoms with Gasteiger partial charge in [0.15, 0.2) is 0 Å². The van der Waals surface area contributed by atoms with Crippen molar-refractivity contribution in [3.05, 3.63) is 28.3 Å². The molecule has 1 aromatic carbocycles. The minimum absolute atomic E-state index is 0.233. The molecule has 1 saturated heterocycles. The Morgan fingerprint density at radius 2 is 2.10 bits per heavy atom. The molecule has 1 N–H and O–H groups in total. The zero-order valence-corrected chi connectivity index (χ0v) is 13.2. The monoisotopic (exact) mass is 292 g/mol. The van der Waals surface area contributed by atoms with Gasteiger partial charge in [0.1, 0.15) is 6.07 Å². The van der Waals surface area contributed by atoms with Crippen molar-refractivity contribution in [1.82, 2.24) is 0 Å². The standard InChI is InChI=1S/C16H21ClN2O/c1-10-14(6-5-12(9-18)15(10)17)19-8-7-13(11(19)2)16(3,4)20/h5-6,11,13,20H,7-8H2,1-4H3/t11-,13-/m0/s1. The van der Waals surface area contributed by atoms with Gasteiger partial charge in [-0.3, -0.25) is 0 Å². The molecule has 4 heteroatoms. The minimum atomic E-state index is -0.682. The van der Waals surface area contributed by atoms with Crippen molar-refractivity contribution in [2.45, 2.75) is 45.8 Å². The number of rotatable bonds is 2. The molecule has 0 radical (unpaired) electrons. The highest BCUT2D eigenvalue weighted by Crippen LogP contribution is 2.39. The van der Waals surface area contributed by atoms with E-state index < -0.39 is 5.60 Å². The molecule has 1 heterocycles. The Hall–Kier alpha value is -1.24. The van der Waals surface area contributed by atoms with Crippen molar-refractivity contribution >= 4 is 17.3 Å². The summed E-state index contributed by atoms with van der Waals surface area (Å²) < 4.78 is 0. The molecule has 3 nitrogen and oxygen atoms in total. The number of halogens is 1. The van der Waals surface area contributed by atoms with Gasteiger partial charge in [0.25, 0.3) is 0 Å². The van der Waals surface area contributed by atoms with Crippen LogP contribution in [0.15, 0.2) is 12.1 Å². The lowest BCUT2D eigenvalue weighted by atomic mass is 9.85. The summed E-state index contributed by atoms with van der Waals surface area (Å²) >= 11 is 6.25. The predicted octanol–water partition coefficient (Wildman–Crippen LogP) is 3.51. The Morgan fingerprint density at radius 3 is 2.60 bits per heavy atom. The van der Waals surface area contributed by atoms with Crippen LogP contribution in [0, 0.1) is 24.2 Å². The van der Waals surface area contributed by atoms with Crippen molar-refractivity contribution in [2.75, 3.05) is 11.4 Å². The molecule has 2 rings (SSSR count). The maximum Gasteiger partial charge on any atom is 0.101 e. The van der Waals surface area contributed by atoms with Gasteiger partial charge in [0.2, 0.25) is 0 Å². The van der Waals surface area contributed by atoms with Crippen LogP contribution in [-0.4, -0.2) is 23.3 Å². The van der Waals surface area contributed by atoms with Crippen molar-refractivity contribution in [1.29, 1.82) is 5.26 Å². The summed E-state index contributed by atoms with van der Waals surface area (Å²) in [6.07, 6.45) is 0.960. The van der Waals surface area contributed by atoms with Crippen LogP contribution in [0.4, 0.5) is 5.69 Å². The van der Waals surface area contributed by atoms with Crippen molar-refractivity contribution in [3.63, 3.8) is 0 Å². The average molecular weight is 293 g/mol. The maximum atomic E-state index is 10.3. The Balaban J connectivity index is 2.35. The van der Waals surface area contributed by atoms with Gasteiger partial charge in [0.05, 0.1) is 16.2 Å². The molecule has 0 unspecified atom stereocenters. The van der Waals surface area contributed by atoms with Crippen LogP contribution < -0.4 is 4.90 Å². The normalized spacial score (nSPS) is 22.9. The van der Waals surface area contributed by atoms with E-state index in [1.165, 1.54) is 0 Å². The number of hydrogen-bond acceptors (Lipinski definition) is 3. The Labute approximate surface area is 125 Å². The van der Waals surface area contributed by atoms with Crippen LogP contribution in [0.5, 0.6) is 0 Å². The van der Waals surface area contributed by atoms with Crippen molar-refractivity contribution in [2.24, 2.45) is 5.92 Å². The zero-order chi connectivity index (χ0) is 15.1. The molecule has 0 aromatic heterocycles. The Kier molecular flexibility index (Phi) is 4.00. The first kappa shape index (κ1) is 15.2. The van der Waals surface area contributed by atoms with E-state index >= 15 is 0 Å². The highest BCUT2D eigenvalue weighted by atomic mass is 35.5. The predicted molar refractivity (Wildman–Crippen MR) is 82.1 cm³/mol. The largest absolute Gasteiger partial charge is 0.390 e. The summed E-state index contributed by atoms with van der Waals surface area (Å²) in [6.45, 7) is 8.73. The van der Waals surface area contributed by atoms with Crippen LogP contribution in [0.3, 0.4) is 0 Å². The maximum absolute atomic E-state index is 10.3. The van der Waals surface area contributed by atoms with Gasteiger partial charge in [-0.05, 0) is 51.8 Å². The second-order valence-corrected chi connectivity index (χ2v) is 6.54. The number of nitrogens with zero attached hydrogens (tertiary/aromatic N) is 2. The van der Waals surface area contributed by atoms with Gasteiger partial charge in [-0.25, -0.2) is 0 Å². The van der Waals surface area contributed by atoms with Crippen molar-refractivity contribution in [3.8, 4) is 6.07 Å². The first-order valence-corrected chi connectivity index (χ1v) is 7.33. The molecule has 1 fully saturated rings. The lowest BCUT2D eigenvalue weighted by Crippen LogP contribution is -2.40. The zero-order valence-electron chi connectivity index (χ0n) is 12.4. The topological polar surface area (TPSA) is 47.3 Å². The highest BCUT2D eigenvalue weighted by molar-refractivity contribution is 6.32. The molecule has 1 aliphatic heterocycles. The molecule has 1 aliphatic rings. The summed E-state index contributed by atoms with van der Waals surface area (Å²) in [6, 6.07) is 6.09. The van der Waals surface area contributed by atoms with E-state index in [0.717, 1.165) is 24.2 Å². The fourth-order valence-electron chi connectivity index (χ4n) is 3.30. The number of anilines is 1. The third kappa shape index (κ3) is 2.51. The summed E-state index contributed by atoms with van der Waals surface area (Å²) in [5.41, 5.74) is 1.83. The molecule has 108 valence electrons. The second-order valence-electron chi connectivity index (χ2n) is 6.17. The van der Waals surface area contributed by atoms with Gasteiger partial charge >= 0.3 is 0 Å². The van der Waals surface area contributed by atoms with Gasteiger partial charge < -0.3 is 10.0 Å². The molecular weight excluding hydrogens is 272 g/mol. The second kappa shape index (κ2) is 5.27. The van der Waals surface area contributed by atoms with E-state index in [4.69, 9.17) is 16.9 Å². The molecule has 0 spiro atoms. The molecule has 0 saturated carbocycles. The molecule has 0 bridgehead atoms. The van der Waals surface area contributed by atoms with E-state index in [2.05, 4.69) is 17.9 Å². The Morgan fingerprint density at radius 1 is 1.45 bits per heavy atom. The lowest BCUT2D eigenvalue weighted by molar-refractivity contribution is 0.0156. The number of aliphatic hydroxyl groups is 1. The van der Waals surface area contributed by atoms with Crippen LogP contribution in [0.2, 0.25) is 5.02 Å². The molecule has 0 aliphatic carbocycles. The van der Waals surface area contributed by atoms with Gasteiger partial charge in [-0.1, -0.05) is 11.6 Å². The minimum Gasteiger partial charge on any atom is -0.390 e. The molecule has 1 aromatic rings. The first-order chi connectivity index (χ1) is 9.27. The van der Waals surface area contributed by atoms with E-state index in [1.54, 1.807) is 6.07 Å². The van der Waals surface area contributed by atoms with E-state index in [9.17, 15) is 5.11 Å². The van der Waals surface area contributed by atoms with Crippen LogP contribution in [0.1, 0.15) is 38.3 Å². The van der Waals surface area contributed by atoms with E-state index in [-0.39, 0.29) is 12.0 Å². The third-order valence-electron chi connectivity index (χ3n) is 4.45. The van der Waals surface area contributed by atoms with Gasteiger partial charge in [-0.2, -0.15) is 5.26 Å². The van der Waals surface area contributed by atoms with Crippen LogP contribution in [-0.2, 0) is 0 Å². The lowest BCUT2D eigenvalue weighted by Gasteiger charge is -2.33. The van der Waals surface area contributed by atoms with Gasteiger partial charge in [-0.15, -0.1) is 0 Å². The SMILES string of the molecule is Cc1c(N2CC[C@H](C(C)(C)O)[C@@H]2C)ccc(C#N)c1Cl. The summed E-state index contributed by atoms with van der Waals surface area (Å²) in [7, 11) is 0. The highest BCUT2D eigenvalue weighted by Gasteiger charge is 2.40. The van der Waals surface area contributed by atoms with E-state index in [1.807, 2.05) is 26.8 Å². The quantitative estimate of drug-likeness (QED) is 0.907. The van der Waals surface area contributed by atoms with E-state index in [0.29, 0.717) is 10.6 Å². The van der Waals surface area contributed by atoms with Crippen LogP contribution in [0.25, 0.3) is 0 Å². The molecule has 20 heavy (non-hydrogen) atoms. The molecular formula is C16H21ClN2O. The third-order valence-corrected chi connectivity index (χ3v) is 4.94. The first-order valence-electron chi connectivity index (χ1n) is 6.95. The number of nitriles is 1. The molecule has 2 atom stereocenters. The summed E-state index contributed by atoms with van der Waals surface area (Å²) in [5.74, 6) is 0.233. The fourth-order valence-corrected chi connectivity index (χ4v) is 3.50. The molecule has 0 amide bonds. The number of benzene rings is 1. The average Bonchev–Trinajstić information content (AvgIpc) is 2.74. The Bertz CT molecular complexity index is 557. The fraction of sp³-hybridized carbons (Fsp3) is 0.562. The summed E-state index contributed by atoms with van der Waals surface area (Å²) in [5, 5.41) is 19.8. The number of hydrogen-bond donors (Lipinski definition) is 1. The van der Waals surface area contributed by atoms with Crippen molar-refractivity contribution < 1.29 is 5.11 Å². The summed E-state index contributed by atoms with van der Waals surface area (Å²) in [4.78, 5) is 2.28. The smallest absolute Gasteiger partial charge is 0.101 e.